The molecule has 25 heavy (non-hydrogen) atoms. The van der Waals surface area contributed by atoms with Crippen LogP contribution in [0.4, 0.5) is 5.69 Å². The molecule has 0 aliphatic heterocycles. The van der Waals surface area contributed by atoms with Gasteiger partial charge < -0.3 is 5.32 Å². The van der Waals surface area contributed by atoms with E-state index in [-0.39, 0.29) is 10.7 Å². The van der Waals surface area contributed by atoms with Crippen LogP contribution in [0, 0.1) is 0 Å². The van der Waals surface area contributed by atoms with E-state index in [4.69, 9.17) is 11.6 Å². The van der Waals surface area contributed by atoms with Gasteiger partial charge in [0.25, 0.3) is 0 Å². The van der Waals surface area contributed by atoms with Crippen LogP contribution >= 0.6 is 11.6 Å². The van der Waals surface area contributed by atoms with Gasteiger partial charge in [0.15, 0.2) is 5.78 Å². The maximum absolute atomic E-state index is 12.3. The highest BCUT2D eigenvalue weighted by Gasteiger charge is 2.22. The number of carbonyl (C=O) groups excluding carboxylic acids is 2. The zero-order valence-corrected chi connectivity index (χ0v) is 15.2. The number of benzene rings is 2. The molecule has 0 saturated carbocycles. The molecule has 0 fully saturated rings. The molecule has 2 aromatic carbocycles. The third-order valence-electron chi connectivity index (χ3n) is 3.39. The summed E-state index contributed by atoms with van der Waals surface area (Å²) in [5.41, 5.74) is 0.863. The molecule has 8 heteroatoms. The molecule has 1 atom stereocenters. The summed E-state index contributed by atoms with van der Waals surface area (Å²) in [6.45, 7) is 2.85. The summed E-state index contributed by atoms with van der Waals surface area (Å²) < 4.78 is 26.9. The van der Waals surface area contributed by atoms with Gasteiger partial charge in [-0.1, -0.05) is 23.7 Å². The lowest BCUT2D eigenvalue weighted by atomic mass is 10.1. The number of anilines is 1. The van der Waals surface area contributed by atoms with E-state index in [1.807, 2.05) is 0 Å². The number of hydrogen-bond acceptors (Lipinski definition) is 4. The maximum Gasteiger partial charge on any atom is 0.242 e. The molecule has 1 amide bonds. The van der Waals surface area contributed by atoms with Gasteiger partial charge in [-0.3, -0.25) is 9.59 Å². The Kier molecular flexibility index (Phi) is 5.94. The van der Waals surface area contributed by atoms with Gasteiger partial charge in [0.1, 0.15) is 0 Å². The molecule has 0 saturated heterocycles. The lowest BCUT2D eigenvalue weighted by molar-refractivity contribution is -0.117. The number of Topliss-reactive ketones (excluding diaryl/α,β-unsaturated/α-hetero) is 1. The highest BCUT2D eigenvalue weighted by atomic mass is 35.5. The minimum atomic E-state index is -3.86. The van der Waals surface area contributed by atoms with Gasteiger partial charge in [-0.15, -0.1) is 0 Å². The summed E-state index contributed by atoms with van der Waals surface area (Å²) in [6.07, 6.45) is 0. The van der Waals surface area contributed by atoms with Crippen LogP contribution in [0.1, 0.15) is 24.2 Å². The van der Waals surface area contributed by atoms with Gasteiger partial charge in [-0.05, 0) is 50.2 Å². The van der Waals surface area contributed by atoms with Crippen LogP contribution in [0.25, 0.3) is 0 Å². The van der Waals surface area contributed by atoms with Crippen LogP contribution in [0.5, 0.6) is 0 Å². The van der Waals surface area contributed by atoms with Gasteiger partial charge in [-0.2, -0.15) is 4.72 Å². The van der Waals surface area contributed by atoms with Crippen molar-refractivity contribution in [3.63, 3.8) is 0 Å². The largest absolute Gasteiger partial charge is 0.325 e. The molecule has 0 unspecified atom stereocenters. The van der Waals surface area contributed by atoms with E-state index in [2.05, 4.69) is 10.0 Å². The van der Waals surface area contributed by atoms with Gasteiger partial charge in [-0.25, -0.2) is 8.42 Å². The van der Waals surface area contributed by atoms with E-state index < -0.39 is 22.0 Å². The van der Waals surface area contributed by atoms with E-state index in [1.165, 1.54) is 44.2 Å². The molecular weight excluding hydrogens is 364 g/mol. The van der Waals surface area contributed by atoms with Crippen molar-refractivity contribution in [1.82, 2.24) is 4.72 Å². The minimum absolute atomic E-state index is 0.00938. The Morgan fingerprint density at radius 3 is 2.32 bits per heavy atom. The molecule has 2 rings (SSSR count). The molecule has 132 valence electrons. The summed E-state index contributed by atoms with van der Waals surface area (Å²) in [6, 6.07) is 11.0. The zero-order chi connectivity index (χ0) is 18.6. The van der Waals surface area contributed by atoms with Crippen LogP contribution < -0.4 is 10.0 Å². The van der Waals surface area contributed by atoms with E-state index in [1.54, 1.807) is 18.2 Å². The number of ketones is 1. The highest BCUT2D eigenvalue weighted by Crippen LogP contribution is 2.15. The van der Waals surface area contributed by atoms with E-state index >= 15 is 0 Å². The number of sulfonamides is 1. The molecule has 0 aromatic heterocycles. The molecule has 0 bridgehead atoms. The quantitative estimate of drug-likeness (QED) is 0.753. The normalized spacial score (nSPS) is 12.4. The van der Waals surface area contributed by atoms with Crippen LogP contribution in [0.15, 0.2) is 53.4 Å². The van der Waals surface area contributed by atoms with Crippen molar-refractivity contribution < 1.29 is 18.0 Å². The first kappa shape index (κ1) is 19.1. The van der Waals surface area contributed by atoms with E-state index in [0.717, 1.165) is 0 Å². The fraction of sp³-hybridized carbons (Fsp3) is 0.176. The fourth-order valence-electron chi connectivity index (χ4n) is 2.03. The van der Waals surface area contributed by atoms with Crippen LogP contribution in [-0.2, 0) is 14.8 Å². The van der Waals surface area contributed by atoms with Crippen molar-refractivity contribution in [1.29, 1.82) is 0 Å². The van der Waals surface area contributed by atoms with Crippen molar-refractivity contribution in [2.45, 2.75) is 24.8 Å². The second-order valence-corrected chi connectivity index (χ2v) is 7.57. The molecule has 2 N–H and O–H groups in total. The molecular formula is C17H17ClN2O4S. The Morgan fingerprint density at radius 2 is 1.72 bits per heavy atom. The van der Waals surface area contributed by atoms with Crippen molar-refractivity contribution >= 4 is 39.0 Å². The first-order valence-corrected chi connectivity index (χ1v) is 9.25. The topological polar surface area (TPSA) is 92.3 Å². The van der Waals surface area contributed by atoms with Crippen LogP contribution in [0.2, 0.25) is 5.02 Å². The van der Waals surface area contributed by atoms with Crippen molar-refractivity contribution in [3.05, 3.63) is 59.1 Å². The third kappa shape index (κ3) is 5.12. The predicted molar refractivity (Wildman–Crippen MR) is 96.3 cm³/mol. The van der Waals surface area contributed by atoms with Crippen molar-refractivity contribution in [2.24, 2.45) is 0 Å². The molecule has 0 radical (unpaired) electrons. The Hall–Kier alpha value is -2.22. The average Bonchev–Trinajstić information content (AvgIpc) is 2.55. The van der Waals surface area contributed by atoms with Crippen LogP contribution in [-0.4, -0.2) is 26.2 Å². The third-order valence-corrected chi connectivity index (χ3v) is 5.19. The number of hydrogen-bond donors (Lipinski definition) is 2. The summed E-state index contributed by atoms with van der Waals surface area (Å²) in [5.74, 6) is -0.675. The fourth-order valence-corrected chi connectivity index (χ4v) is 3.36. The number of nitrogens with one attached hydrogen (secondary N) is 2. The SMILES string of the molecule is CC(=O)c1cccc(NC(=O)[C@H](C)NS(=O)(=O)c2ccc(Cl)cc2)c1. The molecule has 0 spiro atoms. The van der Waals surface area contributed by atoms with Gasteiger partial charge in [0.05, 0.1) is 10.9 Å². The summed E-state index contributed by atoms with van der Waals surface area (Å²) in [5, 5.41) is 2.99. The second-order valence-electron chi connectivity index (χ2n) is 5.42. The number of halogens is 1. The lowest BCUT2D eigenvalue weighted by Crippen LogP contribution is -2.41. The maximum atomic E-state index is 12.3. The average molecular weight is 381 g/mol. The second kappa shape index (κ2) is 7.77. The monoisotopic (exact) mass is 380 g/mol. The Labute approximate surface area is 151 Å². The van der Waals surface area contributed by atoms with E-state index in [0.29, 0.717) is 16.3 Å². The molecule has 2 aromatic rings. The van der Waals surface area contributed by atoms with Crippen LogP contribution in [0.3, 0.4) is 0 Å². The standard InChI is InChI=1S/C17H17ClN2O4S/c1-11(20-25(23,24)16-8-6-14(18)7-9-16)17(22)19-15-5-3-4-13(10-15)12(2)21/h3-11,20H,1-2H3,(H,19,22)/t11-/m0/s1. The number of amides is 1. The first-order chi connectivity index (χ1) is 11.7. The summed E-state index contributed by atoms with van der Waals surface area (Å²) in [4.78, 5) is 23.6. The molecule has 0 aliphatic carbocycles. The highest BCUT2D eigenvalue weighted by molar-refractivity contribution is 7.89. The molecule has 0 heterocycles. The van der Waals surface area contributed by atoms with Crippen molar-refractivity contribution in [2.75, 3.05) is 5.32 Å². The number of carbonyl (C=O) groups is 2. The Morgan fingerprint density at radius 1 is 1.08 bits per heavy atom. The summed E-state index contributed by atoms with van der Waals surface area (Å²) in [7, 11) is -3.86. The van der Waals surface area contributed by atoms with Gasteiger partial charge >= 0.3 is 0 Å². The van der Waals surface area contributed by atoms with Gasteiger partial charge in [0.2, 0.25) is 15.9 Å². The predicted octanol–water partition coefficient (Wildman–Crippen LogP) is 2.85. The Bertz CT molecular complexity index is 895. The smallest absolute Gasteiger partial charge is 0.242 e. The lowest BCUT2D eigenvalue weighted by Gasteiger charge is -2.15. The Balaban J connectivity index is 2.08. The minimum Gasteiger partial charge on any atom is -0.325 e. The van der Waals surface area contributed by atoms with E-state index in [9.17, 15) is 18.0 Å². The first-order valence-electron chi connectivity index (χ1n) is 7.39. The van der Waals surface area contributed by atoms with Gasteiger partial charge in [0, 0.05) is 16.3 Å². The summed E-state index contributed by atoms with van der Waals surface area (Å²) >= 11 is 5.74. The zero-order valence-electron chi connectivity index (χ0n) is 13.6. The molecule has 0 aliphatic rings. The number of rotatable bonds is 6. The van der Waals surface area contributed by atoms with Crippen molar-refractivity contribution in [3.8, 4) is 0 Å². The molecule has 6 nitrogen and oxygen atoms in total.